The van der Waals surface area contributed by atoms with E-state index in [1.807, 2.05) is 7.05 Å². The third-order valence-corrected chi connectivity index (χ3v) is 4.29. The molecule has 118 valence electrons. The monoisotopic (exact) mass is 382 g/mol. The first-order chi connectivity index (χ1) is 9.52. The fourth-order valence-electron chi connectivity index (χ4n) is 2.49. The summed E-state index contributed by atoms with van der Waals surface area (Å²) in [5, 5.41) is 3.13. The van der Waals surface area contributed by atoms with Crippen molar-refractivity contribution in [1.29, 1.82) is 0 Å². The Morgan fingerprint density at radius 2 is 1.90 bits per heavy atom. The Morgan fingerprint density at radius 1 is 1.33 bits per heavy atom. The minimum atomic E-state index is -0.999. The first-order valence-corrected chi connectivity index (χ1v) is 7.40. The van der Waals surface area contributed by atoms with Crippen LogP contribution in [-0.4, -0.2) is 37.5 Å². The van der Waals surface area contributed by atoms with E-state index in [4.69, 9.17) is 0 Å². The Morgan fingerprint density at radius 3 is 2.48 bits per heavy atom. The van der Waals surface area contributed by atoms with Crippen molar-refractivity contribution in [2.45, 2.75) is 12.8 Å². The van der Waals surface area contributed by atoms with Gasteiger partial charge in [-0.05, 0) is 60.4 Å². The van der Waals surface area contributed by atoms with Crippen LogP contribution in [-0.2, 0) is 0 Å². The molecular weight excluding hydrogens is 366 g/mol. The second kappa shape index (κ2) is 8.06. The van der Waals surface area contributed by atoms with Crippen LogP contribution in [0.1, 0.15) is 23.2 Å². The van der Waals surface area contributed by atoms with Gasteiger partial charge >= 0.3 is 0 Å². The highest BCUT2D eigenvalue weighted by atomic mass is 79.9. The van der Waals surface area contributed by atoms with E-state index in [-0.39, 0.29) is 23.9 Å². The van der Waals surface area contributed by atoms with Gasteiger partial charge in [-0.15, -0.1) is 12.4 Å². The lowest BCUT2D eigenvalue weighted by Crippen LogP contribution is -2.40. The van der Waals surface area contributed by atoms with Crippen LogP contribution in [0.2, 0.25) is 0 Å². The van der Waals surface area contributed by atoms with Crippen molar-refractivity contribution in [3.63, 3.8) is 0 Å². The van der Waals surface area contributed by atoms with Gasteiger partial charge in [0.25, 0.3) is 5.91 Å². The molecule has 1 aromatic carbocycles. The minimum Gasteiger partial charge on any atom is -0.339 e. The van der Waals surface area contributed by atoms with Gasteiger partial charge in [0.2, 0.25) is 0 Å². The Bertz CT molecular complexity index is 508. The number of nitrogens with one attached hydrogen (secondary N) is 1. The minimum absolute atomic E-state index is 0. The lowest BCUT2D eigenvalue weighted by Gasteiger charge is -2.32. The molecule has 1 saturated heterocycles. The number of nitrogens with zero attached hydrogens (tertiary/aromatic N) is 1. The number of piperidine rings is 1. The highest BCUT2D eigenvalue weighted by Gasteiger charge is 2.25. The van der Waals surface area contributed by atoms with E-state index >= 15 is 0 Å². The molecule has 1 amide bonds. The molecule has 7 heteroatoms. The maximum Gasteiger partial charge on any atom is 0.255 e. The molecule has 0 saturated carbocycles. The molecule has 1 aliphatic rings. The molecule has 1 aliphatic heterocycles. The molecule has 21 heavy (non-hydrogen) atoms. The van der Waals surface area contributed by atoms with Crippen LogP contribution >= 0.6 is 28.3 Å². The molecule has 2 rings (SSSR count). The quantitative estimate of drug-likeness (QED) is 0.813. The highest BCUT2D eigenvalue weighted by Crippen LogP contribution is 2.24. The maximum atomic E-state index is 13.3. The highest BCUT2D eigenvalue weighted by molar-refractivity contribution is 9.10. The van der Waals surface area contributed by atoms with E-state index in [9.17, 15) is 13.6 Å². The second-order valence-corrected chi connectivity index (χ2v) is 5.89. The van der Waals surface area contributed by atoms with Gasteiger partial charge in [-0.2, -0.15) is 0 Å². The summed E-state index contributed by atoms with van der Waals surface area (Å²) in [6.45, 7) is 2.24. The molecule has 0 aromatic heterocycles. The van der Waals surface area contributed by atoms with Crippen molar-refractivity contribution in [3.8, 4) is 0 Å². The Labute approximate surface area is 137 Å². The summed E-state index contributed by atoms with van der Waals surface area (Å²) >= 11 is 3.12. The zero-order chi connectivity index (χ0) is 14.7. The zero-order valence-corrected chi connectivity index (χ0v) is 14.1. The summed E-state index contributed by atoms with van der Waals surface area (Å²) in [7, 11) is 1.91. The summed E-state index contributed by atoms with van der Waals surface area (Å²) in [6.07, 6.45) is 1.85. The molecule has 3 nitrogen and oxygen atoms in total. The normalized spacial score (nSPS) is 15.7. The van der Waals surface area contributed by atoms with Gasteiger partial charge in [-0.1, -0.05) is 0 Å². The molecule has 0 bridgehead atoms. The Hall–Kier alpha value is -0.720. The molecule has 1 fully saturated rings. The number of halogens is 4. The Kier molecular flexibility index (Phi) is 7.03. The lowest BCUT2D eigenvalue weighted by molar-refractivity contribution is 0.0689. The van der Waals surface area contributed by atoms with Crippen molar-refractivity contribution < 1.29 is 13.6 Å². The van der Waals surface area contributed by atoms with Gasteiger partial charge in [0.15, 0.2) is 11.6 Å². The predicted octanol–water partition coefficient (Wildman–Crippen LogP) is 3.22. The molecular formula is C14H18BrClF2N2O. The number of benzene rings is 1. The average molecular weight is 384 g/mol. The predicted molar refractivity (Wildman–Crippen MR) is 83.9 cm³/mol. The molecule has 1 aromatic rings. The fraction of sp³-hybridized carbons (Fsp3) is 0.500. The average Bonchev–Trinajstić information content (AvgIpc) is 2.43. The van der Waals surface area contributed by atoms with Crippen molar-refractivity contribution in [1.82, 2.24) is 10.2 Å². The van der Waals surface area contributed by atoms with E-state index < -0.39 is 11.6 Å². The maximum absolute atomic E-state index is 13.3. The number of rotatable bonds is 3. The van der Waals surface area contributed by atoms with Gasteiger partial charge in [0.05, 0.1) is 5.56 Å². The van der Waals surface area contributed by atoms with Gasteiger partial charge < -0.3 is 10.2 Å². The molecule has 0 unspecified atom stereocenters. The first-order valence-electron chi connectivity index (χ1n) is 6.61. The second-order valence-electron chi connectivity index (χ2n) is 5.04. The van der Waals surface area contributed by atoms with Crippen LogP contribution in [0.5, 0.6) is 0 Å². The summed E-state index contributed by atoms with van der Waals surface area (Å²) < 4.78 is 26.6. The van der Waals surface area contributed by atoms with Gasteiger partial charge in [0.1, 0.15) is 0 Å². The van der Waals surface area contributed by atoms with Crippen molar-refractivity contribution in [3.05, 3.63) is 33.8 Å². The van der Waals surface area contributed by atoms with E-state index in [0.717, 1.165) is 31.5 Å². The van der Waals surface area contributed by atoms with Gasteiger partial charge in [-0.25, -0.2) is 8.78 Å². The van der Waals surface area contributed by atoms with E-state index in [1.54, 1.807) is 4.90 Å². The molecule has 0 radical (unpaired) electrons. The van der Waals surface area contributed by atoms with E-state index in [0.29, 0.717) is 23.5 Å². The largest absolute Gasteiger partial charge is 0.339 e. The summed E-state index contributed by atoms with van der Waals surface area (Å²) in [6, 6.07) is 1.96. The SMILES string of the molecule is CNCC1CCN(C(=O)c2cc(F)c(F)cc2Br)CC1.Cl. The number of hydrogen-bond donors (Lipinski definition) is 1. The fourth-order valence-corrected chi connectivity index (χ4v) is 2.97. The third kappa shape index (κ3) is 4.37. The van der Waals surface area contributed by atoms with Crippen molar-refractivity contribution in [2.24, 2.45) is 5.92 Å². The van der Waals surface area contributed by atoms with E-state index in [2.05, 4.69) is 21.2 Å². The number of carbonyl (C=O) groups excluding carboxylic acids is 1. The summed E-state index contributed by atoms with van der Waals surface area (Å²) in [5.41, 5.74) is 0.177. The first kappa shape index (κ1) is 18.3. The number of amides is 1. The smallest absolute Gasteiger partial charge is 0.255 e. The number of likely N-dealkylation sites (tertiary alicyclic amines) is 1. The molecule has 0 spiro atoms. The molecule has 1 N–H and O–H groups in total. The number of carbonyl (C=O) groups is 1. The van der Waals surface area contributed by atoms with Crippen molar-refractivity contribution in [2.75, 3.05) is 26.7 Å². The van der Waals surface area contributed by atoms with Crippen LogP contribution < -0.4 is 5.32 Å². The number of hydrogen-bond acceptors (Lipinski definition) is 2. The van der Waals surface area contributed by atoms with Crippen LogP contribution in [0.3, 0.4) is 0 Å². The topological polar surface area (TPSA) is 32.3 Å². The molecule has 0 atom stereocenters. The van der Waals surface area contributed by atoms with E-state index in [1.165, 1.54) is 0 Å². The van der Waals surface area contributed by atoms with Crippen LogP contribution in [0, 0.1) is 17.6 Å². The molecule has 1 heterocycles. The zero-order valence-electron chi connectivity index (χ0n) is 11.7. The summed E-state index contributed by atoms with van der Waals surface area (Å²) in [4.78, 5) is 14.0. The lowest BCUT2D eigenvalue weighted by atomic mass is 9.96. The summed E-state index contributed by atoms with van der Waals surface area (Å²) in [5.74, 6) is -1.64. The van der Waals surface area contributed by atoms with Crippen LogP contribution in [0.25, 0.3) is 0 Å². The van der Waals surface area contributed by atoms with Crippen LogP contribution in [0.4, 0.5) is 8.78 Å². The van der Waals surface area contributed by atoms with Crippen LogP contribution in [0.15, 0.2) is 16.6 Å². The van der Waals surface area contributed by atoms with Gasteiger partial charge in [0, 0.05) is 17.6 Å². The molecule has 0 aliphatic carbocycles. The Balaban J connectivity index is 0.00000220. The third-order valence-electron chi connectivity index (χ3n) is 3.63. The van der Waals surface area contributed by atoms with Crippen molar-refractivity contribution >= 4 is 34.2 Å². The van der Waals surface area contributed by atoms with Gasteiger partial charge in [-0.3, -0.25) is 4.79 Å². The standard InChI is InChI=1S/C14H17BrF2N2O.ClH/c1-18-8-9-2-4-19(5-3-9)14(20)10-6-12(16)13(17)7-11(10)15;/h6-7,9,18H,2-5,8H2,1H3;1H.